The fraction of sp³-hybridized carbons (Fsp3) is 0.0667. The summed E-state index contributed by atoms with van der Waals surface area (Å²) in [5.41, 5.74) is 7.36. The number of nitrogens with one attached hydrogen (secondary N) is 1. The Balaban J connectivity index is 1.82. The molecule has 2 heterocycles. The van der Waals surface area contributed by atoms with Crippen molar-refractivity contribution in [3.05, 3.63) is 57.9 Å². The van der Waals surface area contributed by atoms with Crippen molar-refractivity contribution in [1.82, 2.24) is 10.5 Å². The molecule has 0 saturated carbocycles. The second-order valence-corrected chi connectivity index (χ2v) is 6.26. The van der Waals surface area contributed by atoms with E-state index in [2.05, 4.69) is 10.5 Å². The minimum Gasteiger partial charge on any atom is -0.367 e. The Morgan fingerprint density at radius 3 is 2.73 bits per heavy atom. The third-order valence-electron chi connectivity index (χ3n) is 3.05. The summed E-state index contributed by atoms with van der Waals surface area (Å²) in [4.78, 5) is 13.1. The number of hydrogen-bond donors (Lipinski definition) is 2. The summed E-state index contributed by atoms with van der Waals surface area (Å²) in [6.45, 7) is 0.398. The molecule has 0 radical (unpaired) electrons. The van der Waals surface area contributed by atoms with Gasteiger partial charge in [0.15, 0.2) is 0 Å². The van der Waals surface area contributed by atoms with Crippen LogP contribution in [0.3, 0.4) is 0 Å². The Labute approximate surface area is 135 Å². The Morgan fingerprint density at radius 2 is 2.05 bits per heavy atom. The lowest BCUT2D eigenvalue weighted by Crippen LogP contribution is -2.23. The minimum absolute atomic E-state index is 0.00918. The Bertz CT molecular complexity index is 798. The third kappa shape index (κ3) is 2.98. The van der Waals surface area contributed by atoms with E-state index < -0.39 is 0 Å². The maximum atomic E-state index is 12.4. The van der Waals surface area contributed by atoms with Gasteiger partial charge in [0.2, 0.25) is 5.88 Å². The van der Waals surface area contributed by atoms with Crippen LogP contribution in [0.2, 0.25) is 4.34 Å². The van der Waals surface area contributed by atoms with Crippen molar-refractivity contribution in [2.75, 3.05) is 5.73 Å². The molecule has 1 amide bonds. The zero-order valence-corrected chi connectivity index (χ0v) is 12.9. The number of aromatic nitrogens is 1. The number of nitrogens with two attached hydrogens (primary N) is 1. The standard InChI is InChI=1S/C15H12ClN3O2S/c16-11-7-6-10(22-11)13-12(14(17)21-19-13)15(20)18-8-9-4-2-1-3-5-9/h1-7H,8,17H2,(H,18,20). The molecule has 2 aromatic heterocycles. The monoisotopic (exact) mass is 333 g/mol. The highest BCUT2D eigenvalue weighted by molar-refractivity contribution is 7.19. The molecule has 0 aliphatic heterocycles. The lowest BCUT2D eigenvalue weighted by atomic mass is 10.1. The molecule has 7 heteroatoms. The van der Waals surface area contributed by atoms with E-state index in [0.29, 0.717) is 16.6 Å². The van der Waals surface area contributed by atoms with Crippen molar-refractivity contribution in [3.63, 3.8) is 0 Å². The lowest BCUT2D eigenvalue weighted by Gasteiger charge is -2.05. The maximum Gasteiger partial charge on any atom is 0.259 e. The van der Waals surface area contributed by atoms with Gasteiger partial charge in [-0.2, -0.15) is 0 Å². The summed E-state index contributed by atoms with van der Waals surface area (Å²) < 4.78 is 5.57. The number of rotatable bonds is 4. The molecular formula is C15H12ClN3O2S. The molecule has 0 bridgehead atoms. The van der Waals surface area contributed by atoms with Crippen LogP contribution >= 0.6 is 22.9 Å². The molecule has 0 aliphatic carbocycles. The summed E-state index contributed by atoms with van der Waals surface area (Å²) >= 11 is 7.23. The number of anilines is 1. The highest BCUT2D eigenvalue weighted by Gasteiger charge is 2.23. The maximum absolute atomic E-state index is 12.4. The van der Waals surface area contributed by atoms with E-state index in [1.807, 2.05) is 30.3 Å². The van der Waals surface area contributed by atoms with Crippen molar-refractivity contribution in [1.29, 1.82) is 0 Å². The van der Waals surface area contributed by atoms with E-state index in [1.54, 1.807) is 12.1 Å². The average molecular weight is 334 g/mol. The first-order valence-electron chi connectivity index (χ1n) is 6.48. The first-order valence-corrected chi connectivity index (χ1v) is 7.67. The van der Waals surface area contributed by atoms with Crippen LogP contribution in [-0.2, 0) is 6.54 Å². The summed E-state index contributed by atoms with van der Waals surface area (Å²) in [5.74, 6) is -0.341. The quantitative estimate of drug-likeness (QED) is 0.764. The molecular weight excluding hydrogens is 322 g/mol. The first kappa shape index (κ1) is 14.6. The number of thiophene rings is 1. The van der Waals surface area contributed by atoms with E-state index in [1.165, 1.54) is 11.3 Å². The Morgan fingerprint density at radius 1 is 1.27 bits per heavy atom. The summed E-state index contributed by atoms with van der Waals surface area (Å²) in [6, 6.07) is 13.1. The second kappa shape index (κ2) is 6.21. The molecule has 5 nitrogen and oxygen atoms in total. The zero-order valence-electron chi connectivity index (χ0n) is 11.4. The number of carbonyl (C=O) groups excluding carboxylic acids is 1. The predicted molar refractivity (Wildman–Crippen MR) is 86.9 cm³/mol. The van der Waals surface area contributed by atoms with E-state index >= 15 is 0 Å². The van der Waals surface area contributed by atoms with Gasteiger partial charge in [-0.15, -0.1) is 11.3 Å². The number of amides is 1. The molecule has 0 unspecified atom stereocenters. The fourth-order valence-corrected chi connectivity index (χ4v) is 3.03. The van der Waals surface area contributed by atoms with Gasteiger partial charge in [-0.05, 0) is 17.7 Å². The van der Waals surface area contributed by atoms with Crippen molar-refractivity contribution in [3.8, 4) is 10.6 Å². The largest absolute Gasteiger partial charge is 0.367 e. The lowest BCUT2D eigenvalue weighted by molar-refractivity contribution is 0.0952. The SMILES string of the molecule is Nc1onc(-c2ccc(Cl)s2)c1C(=O)NCc1ccccc1. The van der Waals surface area contributed by atoms with E-state index in [-0.39, 0.29) is 17.4 Å². The molecule has 1 aromatic carbocycles. The van der Waals surface area contributed by atoms with Crippen LogP contribution in [0.25, 0.3) is 10.6 Å². The molecule has 112 valence electrons. The second-order valence-electron chi connectivity index (χ2n) is 4.54. The predicted octanol–water partition coefficient (Wildman–Crippen LogP) is 3.57. The van der Waals surface area contributed by atoms with Crippen molar-refractivity contribution in [2.24, 2.45) is 0 Å². The molecule has 3 N–H and O–H groups in total. The molecule has 0 saturated heterocycles. The van der Waals surface area contributed by atoms with Crippen LogP contribution < -0.4 is 11.1 Å². The molecule has 22 heavy (non-hydrogen) atoms. The topological polar surface area (TPSA) is 81.2 Å². The van der Waals surface area contributed by atoms with Crippen LogP contribution in [-0.4, -0.2) is 11.1 Å². The smallest absolute Gasteiger partial charge is 0.259 e. The van der Waals surface area contributed by atoms with Crippen molar-refractivity contribution < 1.29 is 9.32 Å². The Hall–Kier alpha value is -2.31. The van der Waals surface area contributed by atoms with Crippen molar-refractivity contribution in [2.45, 2.75) is 6.54 Å². The van der Waals surface area contributed by atoms with Crippen LogP contribution in [0, 0.1) is 0 Å². The fourth-order valence-electron chi connectivity index (χ4n) is 2.00. The van der Waals surface area contributed by atoms with Gasteiger partial charge in [0.25, 0.3) is 5.91 Å². The number of carbonyl (C=O) groups is 1. The summed E-state index contributed by atoms with van der Waals surface area (Å²) in [7, 11) is 0. The highest BCUT2D eigenvalue weighted by atomic mass is 35.5. The molecule has 3 aromatic rings. The van der Waals surface area contributed by atoms with Crippen LogP contribution in [0.1, 0.15) is 15.9 Å². The number of nitrogen functional groups attached to an aromatic ring is 1. The number of nitrogens with zero attached hydrogens (tertiary/aromatic N) is 1. The first-order chi connectivity index (χ1) is 10.6. The number of benzene rings is 1. The van der Waals surface area contributed by atoms with Gasteiger partial charge < -0.3 is 15.6 Å². The zero-order chi connectivity index (χ0) is 15.5. The van der Waals surface area contributed by atoms with Gasteiger partial charge in [0, 0.05) is 6.54 Å². The van der Waals surface area contributed by atoms with E-state index in [4.69, 9.17) is 21.9 Å². The van der Waals surface area contributed by atoms with Crippen LogP contribution in [0.4, 0.5) is 5.88 Å². The van der Waals surface area contributed by atoms with Gasteiger partial charge in [-0.25, -0.2) is 0 Å². The molecule has 0 spiro atoms. The van der Waals surface area contributed by atoms with Gasteiger partial charge in [-0.1, -0.05) is 47.1 Å². The van der Waals surface area contributed by atoms with Gasteiger partial charge in [0.1, 0.15) is 11.3 Å². The Kier molecular flexibility index (Phi) is 4.13. The van der Waals surface area contributed by atoms with Crippen LogP contribution in [0.5, 0.6) is 0 Å². The van der Waals surface area contributed by atoms with Crippen LogP contribution in [0.15, 0.2) is 47.0 Å². The molecule has 0 atom stereocenters. The summed E-state index contributed by atoms with van der Waals surface area (Å²) in [5, 5.41) is 6.68. The molecule has 0 aliphatic rings. The minimum atomic E-state index is -0.331. The normalized spacial score (nSPS) is 10.6. The van der Waals surface area contributed by atoms with E-state index in [9.17, 15) is 4.79 Å². The third-order valence-corrected chi connectivity index (χ3v) is 4.29. The van der Waals surface area contributed by atoms with Gasteiger partial charge in [0.05, 0.1) is 9.21 Å². The molecule has 0 fully saturated rings. The highest BCUT2D eigenvalue weighted by Crippen LogP contribution is 2.34. The summed E-state index contributed by atoms with van der Waals surface area (Å²) in [6.07, 6.45) is 0. The average Bonchev–Trinajstić information content (AvgIpc) is 3.12. The van der Waals surface area contributed by atoms with E-state index in [0.717, 1.165) is 10.4 Å². The number of hydrogen-bond acceptors (Lipinski definition) is 5. The number of halogens is 1. The van der Waals surface area contributed by atoms with Gasteiger partial charge >= 0.3 is 0 Å². The molecule has 3 rings (SSSR count). The van der Waals surface area contributed by atoms with Crippen molar-refractivity contribution >= 4 is 34.7 Å². The van der Waals surface area contributed by atoms with Gasteiger partial charge in [-0.3, -0.25) is 4.79 Å².